The molecule has 1 aromatic heterocycles. The first kappa shape index (κ1) is 15.9. The first-order chi connectivity index (χ1) is 11.0. The molecule has 0 saturated carbocycles. The minimum atomic E-state index is -0.843. The Kier molecular flexibility index (Phi) is 4.61. The van der Waals surface area contributed by atoms with E-state index in [0.717, 1.165) is 0 Å². The van der Waals surface area contributed by atoms with Gasteiger partial charge in [-0.05, 0) is 42.0 Å². The highest BCUT2D eigenvalue weighted by Gasteiger charge is 2.11. The number of aliphatic hydroxyl groups is 1. The Morgan fingerprint density at radius 1 is 1.09 bits per heavy atom. The average Bonchev–Trinajstić information content (AvgIpc) is 2.51. The molecule has 23 heavy (non-hydrogen) atoms. The fourth-order valence-electron chi connectivity index (χ4n) is 2.25. The van der Waals surface area contributed by atoms with Crippen LogP contribution in [-0.4, -0.2) is 21.6 Å². The van der Waals surface area contributed by atoms with Gasteiger partial charge >= 0.3 is 0 Å². The molecule has 0 spiro atoms. The number of nitrogens with zero attached hydrogens (tertiary/aromatic N) is 2. The number of benzene rings is 2. The molecule has 0 amide bonds. The zero-order chi connectivity index (χ0) is 16.4. The number of anilines is 1. The van der Waals surface area contributed by atoms with Gasteiger partial charge in [-0.3, -0.25) is 0 Å². The van der Waals surface area contributed by atoms with Crippen molar-refractivity contribution in [1.29, 1.82) is 0 Å². The lowest BCUT2D eigenvalue weighted by molar-refractivity contribution is 0.191. The van der Waals surface area contributed by atoms with Crippen molar-refractivity contribution < 1.29 is 9.50 Å². The van der Waals surface area contributed by atoms with Gasteiger partial charge in [0.05, 0.1) is 11.6 Å². The Morgan fingerprint density at radius 3 is 2.57 bits per heavy atom. The predicted octanol–water partition coefficient (Wildman–Crippen LogP) is 4.22. The number of hydrogen-bond donors (Lipinski definition) is 2. The van der Waals surface area contributed by atoms with Gasteiger partial charge in [0.2, 0.25) is 0 Å². The Balaban J connectivity index is 1.81. The van der Waals surface area contributed by atoms with Crippen LogP contribution in [0, 0.1) is 5.82 Å². The van der Waals surface area contributed by atoms with Crippen LogP contribution in [0.25, 0.3) is 10.9 Å². The standard InChI is InChI=1S/C16H12Cl2FN3O/c17-10-3-9(4-11(18)5-10)15(23)7-20-16-13-6-12(19)1-2-14(13)21-8-22-16/h1-6,8,15,23H,7H2,(H,20,21,22). The third kappa shape index (κ3) is 3.69. The average molecular weight is 352 g/mol. The van der Waals surface area contributed by atoms with E-state index in [1.54, 1.807) is 24.3 Å². The quantitative estimate of drug-likeness (QED) is 0.738. The fourth-order valence-corrected chi connectivity index (χ4v) is 2.79. The maximum atomic E-state index is 13.4. The number of aliphatic hydroxyl groups excluding tert-OH is 1. The van der Waals surface area contributed by atoms with Gasteiger partial charge in [0.15, 0.2) is 0 Å². The second kappa shape index (κ2) is 6.66. The first-order valence-corrected chi connectivity index (χ1v) is 7.57. The van der Waals surface area contributed by atoms with Gasteiger partial charge in [-0.15, -0.1) is 0 Å². The van der Waals surface area contributed by atoms with E-state index in [0.29, 0.717) is 32.3 Å². The third-order valence-electron chi connectivity index (χ3n) is 3.33. The highest BCUT2D eigenvalue weighted by Crippen LogP contribution is 2.25. The van der Waals surface area contributed by atoms with Crippen molar-refractivity contribution in [3.05, 3.63) is 64.2 Å². The molecule has 0 aliphatic carbocycles. The van der Waals surface area contributed by atoms with Crippen LogP contribution in [-0.2, 0) is 0 Å². The van der Waals surface area contributed by atoms with Gasteiger partial charge in [0.1, 0.15) is 18.0 Å². The van der Waals surface area contributed by atoms with Crippen molar-refractivity contribution in [2.45, 2.75) is 6.10 Å². The molecule has 4 nitrogen and oxygen atoms in total. The monoisotopic (exact) mass is 351 g/mol. The van der Waals surface area contributed by atoms with Crippen molar-refractivity contribution in [3.8, 4) is 0 Å². The van der Waals surface area contributed by atoms with Crippen LogP contribution < -0.4 is 5.32 Å². The minimum Gasteiger partial charge on any atom is -0.387 e. The number of aromatic nitrogens is 2. The minimum absolute atomic E-state index is 0.166. The van der Waals surface area contributed by atoms with E-state index in [1.165, 1.54) is 18.5 Å². The summed E-state index contributed by atoms with van der Waals surface area (Å²) in [5.41, 5.74) is 1.20. The van der Waals surface area contributed by atoms with Crippen LogP contribution in [0.1, 0.15) is 11.7 Å². The zero-order valence-corrected chi connectivity index (χ0v) is 13.3. The van der Waals surface area contributed by atoms with Gasteiger partial charge in [-0.1, -0.05) is 23.2 Å². The Bertz CT molecular complexity index is 840. The number of halogens is 3. The van der Waals surface area contributed by atoms with Crippen LogP contribution in [0.3, 0.4) is 0 Å². The SMILES string of the molecule is OC(CNc1ncnc2ccc(F)cc12)c1cc(Cl)cc(Cl)c1. The van der Waals surface area contributed by atoms with Crippen LogP contribution >= 0.6 is 23.2 Å². The summed E-state index contributed by atoms with van der Waals surface area (Å²) < 4.78 is 13.4. The van der Waals surface area contributed by atoms with E-state index in [4.69, 9.17) is 23.2 Å². The molecule has 3 aromatic rings. The lowest BCUT2D eigenvalue weighted by atomic mass is 10.1. The lowest BCUT2D eigenvalue weighted by Crippen LogP contribution is -2.13. The molecule has 3 rings (SSSR count). The molecule has 2 N–H and O–H groups in total. The van der Waals surface area contributed by atoms with Crippen LogP contribution in [0.15, 0.2) is 42.7 Å². The first-order valence-electron chi connectivity index (χ1n) is 6.81. The summed E-state index contributed by atoms with van der Waals surface area (Å²) in [5, 5.41) is 14.7. The maximum Gasteiger partial charge on any atom is 0.137 e. The molecule has 0 aliphatic heterocycles. The Morgan fingerprint density at radius 2 is 1.83 bits per heavy atom. The molecule has 0 aliphatic rings. The van der Waals surface area contributed by atoms with E-state index >= 15 is 0 Å². The molecule has 0 saturated heterocycles. The molecule has 2 aromatic carbocycles. The molecule has 1 atom stereocenters. The molecule has 1 unspecified atom stereocenters. The second-order valence-electron chi connectivity index (χ2n) is 4.98. The number of fused-ring (bicyclic) bond motifs is 1. The van der Waals surface area contributed by atoms with Crippen LogP contribution in [0.4, 0.5) is 10.2 Å². The van der Waals surface area contributed by atoms with Crippen molar-refractivity contribution in [1.82, 2.24) is 9.97 Å². The molecule has 0 radical (unpaired) electrons. The summed E-state index contributed by atoms with van der Waals surface area (Å²) in [5.74, 6) is 0.0687. The van der Waals surface area contributed by atoms with Gasteiger partial charge < -0.3 is 10.4 Å². The predicted molar refractivity (Wildman–Crippen MR) is 89.4 cm³/mol. The second-order valence-corrected chi connectivity index (χ2v) is 5.86. The molecule has 7 heteroatoms. The van der Waals surface area contributed by atoms with Crippen molar-refractivity contribution in [2.75, 3.05) is 11.9 Å². The Hall–Kier alpha value is -1.95. The van der Waals surface area contributed by atoms with Gasteiger partial charge in [-0.2, -0.15) is 0 Å². The lowest BCUT2D eigenvalue weighted by Gasteiger charge is -2.14. The molecular weight excluding hydrogens is 340 g/mol. The molecule has 0 fully saturated rings. The maximum absolute atomic E-state index is 13.4. The van der Waals surface area contributed by atoms with Crippen LogP contribution in [0.2, 0.25) is 10.0 Å². The van der Waals surface area contributed by atoms with Gasteiger partial charge in [0.25, 0.3) is 0 Å². The van der Waals surface area contributed by atoms with E-state index in [1.807, 2.05) is 0 Å². The summed E-state index contributed by atoms with van der Waals surface area (Å²) in [7, 11) is 0. The normalized spacial score (nSPS) is 12.3. The van der Waals surface area contributed by atoms with E-state index in [9.17, 15) is 9.50 Å². The summed E-state index contributed by atoms with van der Waals surface area (Å²) >= 11 is 11.9. The number of rotatable bonds is 4. The largest absolute Gasteiger partial charge is 0.387 e. The molecule has 118 valence electrons. The smallest absolute Gasteiger partial charge is 0.137 e. The fraction of sp³-hybridized carbons (Fsp3) is 0.125. The Labute approximate surface area is 141 Å². The van der Waals surface area contributed by atoms with Crippen molar-refractivity contribution in [3.63, 3.8) is 0 Å². The van der Waals surface area contributed by atoms with Gasteiger partial charge in [-0.25, -0.2) is 14.4 Å². The molecular formula is C16H12Cl2FN3O. The summed E-state index contributed by atoms with van der Waals surface area (Å²) in [6.45, 7) is 0.166. The molecule has 1 heterocycles. The molecule has 0 bridgehead atoms. The van der Waals surface area contributed by atoms with E-state index < -0.39 is 6.10 Å². The zero-order valence-electron chi connectivity index (χ0n) is 11.8. The summed E-state index contributed by atoms with van der Waals surface area (Å²) in [6, 6.07) is 9.12. The van der Waals surface area contributed by atoms with Crippen molar-refractivity contribution in [2.24, 2.45) is 0 Å². The van der Waals surface area contributed by atoms with E-state index in [2.05, 4.69) is 15.3 Å². The third-order valence-corrected chi connectivity index (χ3v) is 3.77. The van der Waals surface area contributed by atoms with Gasteiger partial charge in [0, 0.05) is 22.0 Å². The highest BCUT2D eigenvalue weighted by molar-refractivity contribution is 6.34. The topological polar surface area (TPSA) is 58.0 Å². The summed E-state index contributed by atoms with van der Waals surface area (Å²) in [4.78, 5) is 8.17. The van der Waals surface area contributed by atoms with E-state index in [-0.39, 0.29) is 12.4 Å². The number of hydrogen-bond acceptors (Lipinski definition) is 4. The number of nitrogens with one attached hydrogen (secondary N) is 1. The summed E-state index contributed by atoms with van der Waals surface area (Å²) in [6.07, 6.45) is 0.537. The van der Waals surface area contributed by atoms with Crippen molar-refractivity contribution >= 4 is 39.9 Å². The van der Waals surface area contributed by atoms with Crippen LogP contribution in [0.5, 0.6) is 0 Å². The highest BCUT2D eigenvalue weighted by atomic mass is 35.5.